The van der Waals surface area contributed by atoms with Crippen molar-refractivity contribution in [2.75, 3.05) is 26.7 Å². The van der Waals surface area contributed by atoms with E-state index in [9.17, 15) is 9.90 Å². The van der Waals surface area contributed by atoms with Gasteiger partial charge in [-0.1, -0.05) is 13.3 Å². The molecule has 17 heavy (non-hydrogen) atoms. The Morgan fingerprint density at radius 1 is 1.53 bits per heavy atom. The van der Waals surface area contributed by atoms with Gasteiger partial charge < -0.3 is 15.3 Å². The van der Waals surface area contributed by atoms with Gasteiger partial charge in [0.1, 0.15) is 0 Å². The number of rotatable bonds is 5. The Morgan fingerprint density at radius 2 is 2.18 bits per heavy atom. The molecule has 1 aliphatic rings. The first-order valence-corrected chi connectivity index (χ1v) is 6.49. The monoisotopic (exact) mass is 242 g/mol. The van der Waals surface area contributed by atoms with Gasteiger partial charge >= 0.3 is 0 Å². The minimum atomic E-state index is -0.830. The lowest BCUT2D eigenvalue weighted by atomic mass is 9.81. The van der Waals surface area contributed by atoms with Gasteiger partial charge in [0.25, 0.3) is 0 Å². The van der Waals surface area contributed by atoms with Gasteiger partial charge in [-0.2, -0.15) is 0 Å². The molecule has 0 aromatic carbocycles. The molecule has 1 amide bonds. The van der Waals surface area contributed by atoms with Gasteiger partial charge in [0.05, 0.1) is 11.0 Å². The number of carbonyl (C=O) groups excluding carboxylic acids is 1. The molecule has 1 atom stereocenters. The molecule has 0 aliphatic carbocycles. The third-order valence-electron chi connectivity index (χ3n) is 3.40. The number of hydrogen-bond acceptors (Lipinski definition) is 3. The molecule has 0 spiro atoms. The summed E-state index contributed by atoms with van der Waals surface area (Å²) < 4.78 is 0. The average molecular weight is 242 g/mol. The summed E-state index contributed by atoms with van der Waals surface area (Å²) in [5.41, 5.74) is -1.07. The smallest absolute Gasteiger partial charge is 0.229 e. The van der Waals surface area contributed by atoms with Crippen molar-refractivity contribution in [3.05, 3.63) is 0 Å². The number of nitrogens with one attached hydrogen (secondary N) is 1. The van der Waals surface area contributed by atoms with Gasteiger partial charge in [-0.05, 0) is 33.2 Å². The van der Waals surface area contributed by atoms with Crippen LogP contribution in [0.15, 0.2) is 0 Å². The van der Waals surface area contributed by atoms with Crippen molar-refractivity contribution in [3.8, 4) is 0 Å². The van der Waals surface area contributed by atoms with E-state index in [1.165, 1.54) is 0 Å². The molecule has 0 aromatic heterocycles. The van der Waals surface area contributed by atoms with E-state index in [0.717, 1.165) is 32.4 Å². The maximum atomic E-state index is 12.5. The van der Waals surface area contributed by atoms with Crippen LogP contribution in [0.3, 0.4) is 0 Å². The summed E-state index contributed by atoms with van der Waals surface area (Å²) in [6, 6.07) is 0. The molecule has 1 saturated heterocycles. The van der Waals surface area contributed by atoms with Crippen LogP contribution in [0.1, 0.15) is 40.0 Å². The van der Waals surface area contributed by atoms with Crippen LogP contribution in [0, 0.1) is 5.41 Å². The molecule has 0 bridgehead atoms. The molecule has 1 aliphatic heterocycles. The topological polar surface area (TPSA) is 52.6 Å². The lowest BCUT2D eigenvalue weighted by molar-refractivity contribution is -0.143. The third kappa shape index (κ3) is 3.68. The van der Waals surface area contributed by atoms with E-state index in [-0.39, 0.29) is 11.3 Å². The average Bonchev–Trinajstić information content (AvgIpc) is 2.64. The van der Waals surface area contributed by atoms with Crippen molar-refractivity contribution < 1.29 is 9.90 Å². The van der Waals surface area contributed by atoms with E-state index in [4.69, 9.17) is 0 Å². The number of aliphatic hydroxyl groups is 1. The minimum Gasteiger partial charge on any atom is -0.389 e. The van der Waals surface area contributed by atoms with Gasteiger partial charge in [0.2, 0.25) is 5.91 Å². The van der Waals surface area contributed by atoms with Crippen LogP contribution < -0.4 is 5.32 Å². The highest BCUT2D eigenvalue weighted by Crippen LogP contribution is 2.33. The summed E-state index contributed by atoms with van der Waals surface area (Å²) >= 11 is 0. The maximum absolute atomic E-state index is 12.5. The van der Waals surface area contributed by atoms with Gasteiger partial charge in [-0.15, -0.1) is 0 Å². The first kappa shape index (κ1) is 14.5. The Morgan fingerprint density at radius 3 is 2.59 bits per heavy atom. The van der Waals surface area contributed by atoms with Crippen molar-refractivity contribution in [1.29, 1.82) is 0 Å². The van der Waals surface area contributed by atoms with E-state index >= 15 is 0 Å². The minimum absolute atomic E-state index is 0.173. The Bertz CT molecular complexity index is 265. The van der Waals surface area contributed by atoms with Crippen molar-refractivity contribution in [2.24, 2.45) is 5.41 Å². The second-order valence-corrected chi connectivity index (χ2v) is 5.93. The first-order valence-electron chi connectivity index (χ1n) is 6.49. The highest BCUT2D eigenvalue weighted by Gasteiger charge is 2.42. The molecule has 100 valence electrons. The molecule has 0 saturated carbocycles. The fourth-order valence-electron chi connectivity index (χ4n) is 2.78. The number of hydrogen-bond donors (Lipinski definition) is 2. The normalized spacial score (nSPS) is 25.0. The van der Waals surface area contributed by atoms with Crippen molar-refractivity contribution in [1.82, 2.24) is 10.2 Å². The van der Waals surface area contributed by atoms with Crippen molar-refractivity contribution in [2.45, 2.75) is 45.6 Å². The highest BCUT2D eigenvalue weighted by atomic mass is 16.3. The fourth-order valence-corrected chi connectivity index (χ4v) is 2.78. The van der Waals surface area contributed by atoms with E-state index in [0.29, 0.717) is 6.54 Å². The van der Waals surface area contributed by atoms with E-state index < -0.39 is 5.60 Å². The lowest BCUT2D eigenvalue weighted by Crippen LogP contribution is -2.48. The molecule has 1 rings (SSSR count). The Kier molecular flexibility index (Phi) is 4.55. The lowest BCUT2D eigenvalue weighted by Gasteiger charge is -2.34. The number of amides is 1. The van der Waals surface area contributed by atoms with Crippen LogP contribution in [0.25, 0.3) is 0 Å². The predicted molar refractivity (Wildman–Crippen MR) is 68.8 cm³/mol. The zero-order valence-electron chi connectivity index (χ0n) is 11.5. The molecule has 2 N–H and O–H groups in total. The zero-order valence-corrected chi connectivity index (χ0v) is 11.5. The first-order chi connectivity index (χ1) is 7.81. The Hall–Kier alpha value is -0.610. The SMILES string of the molecule is CCCC1(C(=O)N(C)CC(C)(C)O)CCNC1. The number of likely N-dealkylation sites (N-methyl/N-ethyl adjacent to an activating group) is 1. The second kappa shape index (κ2) is 5.36. The summed E-state index contributed by atoms with van der Waals surface area (Å²) in [7, 11) is 1.79. The van der Waals surface area contributed by atoms with Gasteiger partial charge in [0.15, 0.2) is 0 Å². The number of nitrogens with zero attached hydrogens (tertiary/aromatic N) is 1. The van der Waals surface area contributed by atoms with Crippen molar-refractivity contribution in [3.63, 3.8) is 0 Å². The third-order valence-corrected chi connectivity index (χ3v) is 3.40. The standard InChI is InChI=1S/C13H26N2O2/c1-5-6-13(7-8-14-9-13)11(16)15(4)10-12(2,3)17/h14,17H,5-10H2,1-4H3. The molecule has 4 heteroatoms. The zero-order chi connectivity index (χ0) is 13.1. The van der Waals surface area contributed by atoms with E-state index in [1.54, 1.807) is 25.8 Å². The van der Waals surface area contributed by atoms with Crippen LogP contribution in [0.2, 0.25) is 0 Å². The Balaban J connectivity index is 2.71. The summed E-state index contributed by atoms with van der Waals surface area (Å²) in [6.45, 7) is 7.66. The fraction of sp³-hybridized carbons (Fsp3) is 0.923. The van der Waals surface area contributed by atoms with Gasteiger partial charge in [0, 0.05) is 20.1 Å². The van der Waals surface area contributed by atoms with Crippen LogP contribution in [0.5, 0.6) is 0 Å². The summed E-state index contributed by atoms with van der Waals surface area (Å²) in [5, 5.41) is 13.1. The molecule has 0 radical (unpaired) electrons. The largest absolute Gasteiger partial charge is 0.389 e. The number of carbonyl (C=O) groups is 1. The van der Waals surface area contributed by atoms with Crippen LogP contribution in [-0.4, -0.2) is 48.2 Å². The van der Waals surface area contributed by atoms with Gasteiger partial charge in [-0.3, -0.25) is 4.79 Å². The molecule has 1 heterocycles. The Labute approximate surface area is 104 Å². The summed E-state index contributed by atoms with van der Waals surface area (Å²) in [5.74, 6) is 0.173. The maximum Gasteiger partial charge on any atom is 0.229 e. The van der Waals surface area contributed by atoms with Crippen LogP contribution in [-0.2, 0) is 4.79 Å². The molecule has 0 aromatic rings. The van der Waals surface area contributed by atoms with Crippen LogP contribution >= 0.6 is 0 Å². The quantitative estimate of drug-likeness (QED) is 0.756. The van der Waals surface area contributed by atoms with E-state index in [2.05, 4.69) is 12.2 Å². The molecule has 1 unspecified atom stereocenters. The molecule has 4 nitrogen and oxygen atoms in total. The van der Waals surface area contributed by atoms with Crippen molar-refractivity contribution >= 4 is 5.91 Å². The van der Waals surface area contributed by atoms with Crippen LogP contribution in [0.4, 0.5) is 0 Å². The molecular weight excluding hydrogens is 216 g/mol. The molecule has 1 fully saturated rings. The highest BCUT2D eigenvalue weighted by molar-refractivity contribution is 5.83. The second-order valence-electron chi connectivity index (χ2n) is 5.93. The van der Waals surface area contributed by atoms with E-state index in [1.807, 2.05) is 0 Å². The summed E-state index contributed by atoms with van der Waals surface area (Å²) in [4.78, 5) is 14.2. The van der Waals surface area contributed by atoms with Gasteiger partial charge in [-0.25, -0.2) is 0 Å². The summed E-state index contributed by atoms with van der Waals surface area (Å²) in [6.07, 6.45) is 2.86. The molecular formula is C13H26N2O2. The predicted octanol–water partition coefficient (Wildman–Crippen LogP) is 0.995.